The molecule has 1 aromatic carbocycles. The van der Waals surface area contributed by atoms with Gasteiger partial charge in [-0.3, -0.25) is 4.79 Å². The number of nitrogens with two attached hydrogens (primary N) is 1. The van der Waals surface area contributed by atoms with E-state index < -0.39 is 0 Å². The summed E-state index contributed by atoms with van der Waals surface area (Å²) in [6.07, 6.45) is 1.01. The molecule has 20 heavy (non-hydrogen) atoms. The normalized spacial score (nSPS) is 10.7. The fourth-order valence-corrected chi connectivity index (χ4v) is 2.58. The Morgan fingerprint density at radius 3 is 2.65 bits per heavy atom. The lowest BCUT2D eigenvalue weighted by atomic mass is 10.1. The van der Waals surface area contributed by atoms with Crippen LogP contribution in [0.4, 0.5) is 0 Å². The fraction of sp³-hybridized carbons (Fsp3) is 0.333. The molecule has 0 saturated heterocycles. The summed E-state index contributed by atoms with van der Waals surface area (Å²) in [7, 11) is 0. The Bertz CT molecular complexity index is 590. The molecule has 106 valence electrons. The third kappa shape index (κ3) is 3.63. The second-order valence-electron chi connectivity index (χ2n) is 4.53. The lowest BCUT2D eigenvalue weighted by Gasteiger charge is -1.98. The first kappa shape index (κ1) is 14.7. The summed E-state index contributed by atoms with van der Waals surface area (Å²) >= 11 is 1.45. The number of amides is 1. The van der Waals surface area contributed by atoms with Crippen LogP contribution in [0, 0.1) is 6.92 Å². The predicted molar refractivity (Wildman–Crippen MR) is 81.4 cm³/mol. The smallest absolute Gasteiger partial charge is 0.227 e. The van der Waals surface area contributed by atoms with Gasteiger partial charge < -0.3 is 10.2 Å². The lowest BCUT2D eigenvalue weighted by molar-refractivity contribution is -0.115. The van der Waals surface area contributed by atoms with Gasteiger partial charge in [-0.15, -0.1) is 11.8 Å². The van der Waals surface area contributed by atoms with Crippen molar-refractivity contribution >= 4 is 17.7 Å². The average molecular weight is 290 g/mol. The van der Waals surface area contributed by atoms with E-state index in [0.29, 0.717) is 17.4 Å². The van der Waals surface area contributed by atoms with Crippen molar-refractivity contribution in [3.8, 4) is 11.5 Å². The van der Waals surface area contributed by atoms with Crippen LogP contribution in [0.5, 0.6) is 0 Å². The summed E-state index contributed by atoms with van der Waals surface area (Å²) < 4.78 is 5.69. The van der Waals surface area contributed by atoms with Crippen LogP contribution in [0.15, 0.2) is 28.7 Å². The zero-order valence-electron chi connectivity index (χ0n) is 11.7. The van der Waals surface area contributed by atoms with Crippen molar-refractivity contribution in [3.63, 3.8) is 0 Å². The fourth-order valence-electron chi connectivity index (χ4n) is 1.82. The first-order valence-corrected chi connectivity index (χ1v) is 7.67. The van der Waals surface area contributed by atoms with Gasteiger partial charge in [-0.25, -0.2) is 4.98 Å². The largest absolute Gasteiger partial charge is 0.441 e. The highest BCUT2D eigenvalue weighted by Crippen LogP contribution is 2.24. The van der Waals surface area contributed by atoms with Gasteiger partial charge in [-0.05, 0) is 31.0 Å². The average Bonchev–Trinajstić information content (AvgIpc) is 2.80. The molecule has 2 aromatic rings. The highest BCUT2D eigenvalue weighted by Gasteiger charge is 2.11. The number of thioether (sulfide) groups is 1. The maximum atomic E-state index is 10.7. The minimum atomic E-state index is -0.313. The molecule has 2 rings (SSSR count). The SMILES string of the molecule is CCc1ccc(-c2nc(CSCC(N)=O)c(C)o2)cc1. The van der Waals surface area contributed by atoms with Crippen LogP contribution in [0.3, 0.4) is 0 Å². The van der Waals surface area contributed by atoms with Crippen molar-refractivity contribution in [3.05, 3.63) is 41.3 Å². The Kier molecular flexibility index (Phi) is 4.84. The lowest BCUT2D eigenvalue weighted by Crippen LogP contribution is -2.13. The van der Waals surface area contributed by atoms with Crippen molar-refractivity contribution in [2.75, 3.05) is 5.75 Å². The molecule has 0 aliphatic carbocycles. The molecule has 1 aromatic heterocycles. The topological polar surface area (TPSA) is 69.1 Å². The van der Waals surface area contributed by atoms with E-state index in [-0.39, 0.29) is 5.91 Å². The number of carbonyl (C=O) groups excluding carboxylic acids is 1. The molecule has 0 fully saturated rings. The Labute approximate surface area is 122 Å². The number of benzene rings is 1. The van der Waals surface area contributed by atoms with Crippen molar-refractivity contribution in [2.45, 2.75) is 26.0 Å². The molecule has 5 heteroatoms. The van der Waals surface area contributed by atoms with Crippen LogP contribution in [0.2, 0.25) is 0 Å². The zero-order valence-corrected chi connectivity index (χ0v) is 12.5. The minimum absolute atomic E-state index is 0.298. The van der Waals surface area contributed by atoms with Crippen LogP contribution in [0.25, 0.3) is 11.5 Å². The molecule has 1 amide bonds. The Morgan fingerprint density at radius 1 is 1.35 bits per heavy atom. The second kappa shape index (κ2) is 6.61. The monoisotopic (exact) mass is 290 g/mol. The third-order valence-electron chi connectivity index (χ3n) is 2.98. The Morgan fingerprint density at radius 2 is 2.05 bits per heavy atom. The Balaban J connectivity index is 2.11. The molecule has 0 atom stereocenters. The molecule has 0 unspecified atom stereocenters. The minimum Gasteiger partial charge on any atom is -0.441 e. The van der Waals surface area contributed by atoms with Gasteiger partial charge in [-0.1, -0.05) is 19.1 Å². The van der Waals surface area contributed by atoms with E-state index in [1.54, 1.807) is 0 Å². The van der Waals surface area contributed by atoms with Gasteiger partial charge in [0.05, 0.1) is 11.4 Å². The molecule has 0 aliphatic heterocycles. The van der Waals surface area contributed by atoms with E-state index in [1.807, 2.05) is 19.1 Å². The summed E-state index contributed by atoms with van der Waals surface area (Å²) in [4.78, 5) is 15.2. The number of primary amides is 1. The van der Waals surface area contributed by atoms with Gasteiger partial charge >= 0.3 is 0 Å². The molecule has 0 aliphatic rings. The van der Waals surface area contributed by atoms with E-state index >= 15 is 0 Å². The quantitative estimate of drug-likeness (QED) is 0.888. The summed E-state index contributed by atoms with van der Waals surface area (Å²) in [5, 5.41) is 0. The predicted octanol–water partition coefficient (Wildman–Crippen LogP) is 2.93. The van der Waals surface area contributed by atoms with E-state index in [9.17, 15) is 4.79 Å². The van der Waals surface area contributed by atoms with Crippen LogP contribution in [-0.4, -0.2) is 16.6 Å². The molecule has 0 bridgehead atoms. The summed E-state index contributed by atoms with van der Waals surface area (Å²) in [5.41, 5.74) is 8.24. The number of hydrogen-bond donors (Lipinski definition) is 1. The van der Waals surface area contributed by atoms with Gasteiger partial charge in [0.1, 0.15) is 5.76 Å². The van der Waals surface area contributed by atoms with Gasteiger partial charge in [0.15, 0.2) is 0 Å². The number of aryl methyl sites for hydroxylation is 2. The molecule has 0 radical (unpaired) electrons. The summed E-state index contributed by atoms with van der Waals surface area (Å²) in [6, 6.07) is 8.20. The molecular formula is C15H18N2O2S. The van der Waals surface area contributed by atoms with Crippen LogP contribution in [0.1, 0.15) is 23.9 Å². The van der Waals surface area contributed by atoms with Gasteiger partial charge in [-0.2, -0.15) is 0 Å². The first-order chi connectivity index (χ1) is 9.60. The highest BCUT2D eigenvalue weighted by atomic mass is 32.2. The molecule has 0 spiro atoms. The van der Waals surface area contributed by atoms with Crippen LogP contribution < -0.4 is 5.73 Å². The standard InChI is InChI=1S/C15H18N2O2S/c1-3-11-4-6-12(7-5-11)15-17-13(10(2)19-15)8-20-9-14(16)18/h4-7H,3,8-9H2,1-2H3,(H2,16,18). The van der Waals surface area contributed by atoms with E-state index in [2.05, 4.69) is 24.0 Å². The molecule has 1 heterocycles. The zero-order chi connectivity index (χ0) is 14.5. The number of hydrogen-bond acceptors (Lipinski definition) is 4. The Hall–Kier alpha value is -1.75. The van der Waals surface area contributed by atoms with Crippen molar-refractivity contribution in [1.82, 2.24) is 4.98 Å². The maximum absolute atomic E-state index is 10.7. The van der Waals surface area contributed by atoms with Crippen molar-refractivity contribution < 1.29 is 9.21 Å². The van der Waals surface area contributed by atoms with Crippen LogP contribution >= 0.6 is 11.8 Å². The third-order valence-corrected chi connectivity index (χ3v) is 3.95. The molecule has 0 saturated carbocycles. The molecule has 4 nitrogen and oxygen atoms in total. The van der Waals surface area contributed by atoms with E-state index in [1.165, 1.54) is 17.3 Å². The first-order valence-electron chi connectivity index (χ1n) is 6.51. The maximum Gasteiger partial charge on any atom is 0.227 e. The number of nitrogens with zero attached hydrogens (tertiary/aromatic N) is 1. The van der Waals surface area contributed by atoms with E-state index in [4.69, 9.17) is 10.2 Å². The van der Waals surface area contributed by atoms with Crippen molar-refractivity contribution in [1.29, 1.82) is 0 Å². The highest BCUT2D eigenvalue weighted by molar-refractivity contribution is 7.99. The number of rotatable bonds is 6. The van der Waals surface area contributed by atoms with Crippen LogP contribution in [-0.2, 0) is 17.0 Å². The summed E-state index contributed by atoms with van der Waals surface area (Å²) in [6.45, 7) is 4.01. The number of aromatic nitrogens is 1. The molecule has 2 N–H and O–H groups in total. The molecular weight excluding hydrogens is 272 g/mol. The van der Waals surface area contributed by atoms with E-state index in [0.717, 1.165) is 23.4 Å². The second-order valence-corrected chi connectivity index (χ2v) is 5.52. The van der Waals surface area contributed by atoms with Crippen molar-refractivity contribution in [2.24, 2.45) is 5.73 Å². The van der Waals surface area contributed by atoms with Gasteiger partial charge in [0.2, 0.25) is 11.8 Å². The number of carbonyl (C=O) groups is 1. The number of oxazole rings is 1. The van der Waals surface area contributed by atoms with Gasteiger partial charge in [0, 0.05) is 11.3 Å². The van der Waals surface area contributed by atoms with Gasteiger partial charge in [0.25, 0.3) is 0 Å². The summed E-state index contributed by atoms with van der Waals surface area (Å²) in [5.74, 6) is 2.03.